The van der Waals surface area contributed by atoms with Crippen LogP contribution in [0.5, 0.6) is 11.5 Å². The lowest BCUT2D eigenvalue weighted by Gasteiger charge is -2.15. The van der Waals surface area contributed by atoms with E-state index in [9.17, 15) is 17.2 Å². The Balaban J connectivity index is 0.00000400. The van der Waals surface area contributed by atoms with Crippen LogP contribution in [0, 0.1) is 0 Å². The number of alkyl halides is 2. The van der Waals surface area contributed by atoms with Crippen LogP contribution in [0.25, 0.3) is 0 Å². The fourth-order valence-electron chi connectivity index (χ4n) is 1.29. The smallest absolute Gasteiger partial charge is 0.273 e. The number of rotatable bonds is 7. The van der Waals surface area contributed by atoms with Crippen molar-refractivity contribution in [1.82, 2.24) is 4.72 Å². The Hall–Kier alpha value is -1.16. The van der Waals surface area contributed by atoms with Gasteiger partial charge in [0.25, 0.3) is 5.92 Å². The summed E-state index contributed by atoms with van der Waals surface area (Å²) in [4.78, 5) is -0.235. The first-order valence-electron chi connectivity index (χ1n) is 5.55. The van der Waals surface area contributed by atoms with E-state index in [2.05, 4.69) is 0 Å². The topological polar surface area (TPSA) is 90.6 Å². The average Bonchev–Trinajstić information content (AvgIpc) is 2.44. The Bertz CT molecular complexity index is 547. The van der Waals surface area contributed by atoms with Crippen molar-refractivity contribution in [1.29, 1.82) is 0 Å². The van der Waals surface area contributed by atoms with Crippen molar-refractivity contribution in [3.8, 4) is 11.5 Å². The zero-order chi connectivity index (χ0) is 15.4. The van der Waals surface area contributed by atoms with Crippen molar-refractivity contribution in [3.05, 3.63) is 18.2 Å². The maximum atomic E-state index is 13.0. The van der Waals surface area contributed by atoms with E-state index in [1.54, 1.807) is 4.72 Å². The van der Waals surface area contributed by atoms with Gasteiger partial charge >= 0.3 is 0 Å². The van der Waals surface area contributed by atoms with E-state index in [-0.39, 0.29) is 28.8 Å². The molecule has 0 bridgehead atoms. The lowest BCUT2D eigenvalue weighted by Crippen LogP contribution is -2.41. The predicted octanol–water partition coefficient (Wildman–Crippen LogP) is 0.998. The van der Waals surface area contributed by atoms with Crippen LogP contribution in [0.1, 0.15) is 0 Å². The van der Waals surface area contributed by atoms with E-state index < -0.39 is 29.0 Å². The first-order chi connectivity index (χ1) is 9.24. The summed E-state index contributed by atoms with van der Waals surface area (Å²) < 4.78 is 61.5. The Morgan fingerprint density at radius 1 is 1.19 bits per heavy atom. The van der Waals surface area contributed by atoms with E-state index in [4.69, 9.17) is 15.2 Å². The van der Waals surface area contributed by atoms with Crippen LogP contribution >= 0.6 is 12.4 Å². The van der Waals surface area contributed by atoms with Crippen LogP contribution in [0.3, 0.4) is 0 Å². The molecule has 0 amide bonds. The quantitative estimate of drug-likeness (QED) is 0.768. The molecule has 1 rings (SSSR count). The Kier molecular flexibility index (Phi) is 7.31. The molecule has 1 aromatic carbocycles. The SMILES string of the molecule is COc1cc(OC)cc(S(=O)(=O)NCC(F)(F)CN)c1.Cl. The number of halogens is 3. The molecule has 0 unspecified atom stereocenters. The molecule has 0 aromatic heterocycles. The standard InChI is InChI=1S/C11H16F2N2O4S.ClH/c1-18-8-3-9(19-2)5-10(4-8)20(16,17)15-7-11(12,13)6-14;/h3-5,15H,6-7,14H2,1-2H3;1H. The predicted molar refractivity (Wildman–Crippen MR) is 76.0 cm³/mol. The van der Waals surface area contributed by atoms with Gasteiger partial charge in [-0.1, -0.05) is 0 Å². The number of hydrogen-bond acceptors (Lipinski definition) is 5. The molecule has 21 heavy (non-hydrogen) atoms. The largest absolute Gasteiger partial charge is 0.497 e. The minimum Gasteiger partial charge on any atom is -0.497 e. The van der Waals surface area contributed by atoms with Crippen LogP contribution in [0.4, 0.5) is 8.78 Å². The molecular formula is C11H17ClF2N2O4S. The normalized spacial score (nSPS) is 11.7. The molecule has 6 nitrogen and oxygen atoms in total. The van der Waals surface area contributed by atoms with Crippen LogP contribution in [0.15, 0.2) is 23.1 Å². The van der Waals surface area contributed by atoms with E-state index in [0.29, 0.717) is 0 Å². The summed E-state index contributed by atoms with van der Waals surface area (Å²) in [5.74, 6) is -2.85. The van der Waals surface area contributed by atoms with Gasteiger partial charge in [-0.15, -0.1) is 12.4 Å². The first-order valence-corrected chi connectivity index (χ1v) is 7.03. The minimum atomic E-state index is -4.11. The molecule has 0 aliphatic rings. The van der Waals surface area contributed by atoms with Crippen LogP contribution in [-0.2, 0) is 10.0 Å². The molecule has 0 saturated heterocycles. The molecule has 0 saturated carbocycles. The van der Waals surface area contributed by atoms with Gasteiger partial charge < -0.3 is 15.2 Å². The van der Waals surface area contributed by atoms with Gasteiger partial charge in [0, 0.05) is 18.2 Å². The van der Waals surface area contributed by atoms with Crippen molar-refractivity contribution in [2.75, 3.05) is 27.3 Å². The maximum Gasteiger partial charge on any atom is 0.273 e. The number of benzene rings is 1. The highest BCUT2D eigenvalue weighted by Crippen LogP contribution is 2.25. The second-order valence-corrected chi connectivity index (χ2v) is 5.70. The second kappa shape index (κ2) is 7.74. The molecule has 0 aliphatic carbocycles. The number of hydrogen-bond donors (Lipinski definition) is 2. The van der Waals surface area contributed by atoms with Crippen molar-refractivity contribution >= 4 is 22.4 Å². The number of methoxy groups -OCH3 is 2. The second-order valence-electron chi connectivity index (χ2n) is 3.93. The third-order valence-electron chi connectivity index (χ3n) is 2.45. The van der Waals surface area contributed by atoms with Crippen LogP contribution in [-0.4, -0.2) is 41.6 Å². The molecule has 0 spiro atoms. The van der Waals surface area contributed by atoms with Crippen molar-refractivity contribution in [2.45, 2.75) is 10.8 Å². The van der Waals surface area contributed by atoms with Gasteiger partial charge in [-0.25, -0.2) is 21.9 Å². The molecule has 1 aromatic rings. The first kappa shape index (κ1) is 19.8. The van der Waals surface area contributed by atoms with Gasteiger partial charge in [-0.05, 0) is 0 Å². The van der Waals surface area contributed by atoms with E-state index >= 15 is 0 Å². The maximum absolute atomic E-state index is 13.0. The molecule has 0 heterocycles. The molecule has 0 atom stereocenters. The molecule has 0 fully saturated rings. The van der Waals surface area contributed by atoms with E-state index in [0.717, 1.165) is 0 Å². The highest BCUT2D eigenvalue weighted by molar-refractivity contribution is 7.89. The number of nitrogens with two attached hydrogens (primary N) is 1. The summed E-state index contributed by atoms with van der Waals surface area (Å²) in [5, 5.41) is 0. The number of nitrogens with one attached hydrogen (secondary N) is 1. The molecule has 3 N–H and O–H groups in total. The van der Waals surface area contributed by atoms with Crippen molar-refractivity contribution < 1.29 is 26.7 Å². The monoisotopic (exact) mass is 346 g/mol. The average molecular weight is 347 g/mol. The van der Waals surface area contributed by atoms with Gasteiger partial charge in [0.05, 0.1) is 32.2 Å². The van der Waals surface area contributed by atoms with Gasteiger partial charge in [0.2, 0.25) is 10.0 Å². The summed E-state index contributed by atoms with van der Waals surface area (Å²) in [6.07, 6.45) is 0. The Morgan fingerprint density at radius 3 is 2.05 bits per heavy atom. The Morgan fingerprint density at radius 2 is 1.67 bits per heavy atom. The summed E-state index contributed by atoms with van der Waals surface area (Å²) in [5.41, 5.74) is 4.84. The van der Waals surface area contributed by atoms with Crippen molar-refractivity contribution in [3.63, 3.8) is 0 Å². The molecule has 122 valence electrons. The zero-order valence-electron chi connectivity index (χ0n) is 11.4. The fraction of sp³-hybridized carbons (Fsp3) is 0.455. The molecule has 0 radical (unpaired) electrons. The number of sulfonamides is 1. The fourth-order valence-corrected chi connectivity index (χ4v) is 2.40. The van der Waals surface area contributed by atoms with Gasteiger partial charge in [-0.2, -0.15) is 0 Å². The summed E-state index contributed by atoms with van der Waals surface area (Å²) in [7, 11) is -1.42. The zero-order valence-corrected chi connectivity index (χ0v) is 13.1. The molecule has 10 heteroatoms. The Labute approximate surface area is 128 Å². The highest BCUT2D eigenvalue weighted by Gasteiger charge is 2.29. The van der Waals surface area contributed by atoms with Gasteiger partial charge in [0.15, 0.2) is 0 Å². The lowest BCUT2D eigenvalue weighted by atomic mass is 10.3. The lowest BCUT2D eigenvalue weighted by molar-refractivity contribution is 0.0170. The van der Waals surface area contributed by atoms with Gasteiger partial charge in [0.1, 0.15) is 11.5 Å². The summed E-state index contributed by atoms with van der Waals surface area (Å²) >= 11 is 0. The van der Waals surface area contributed by atoms with Crippen LogP contribution < -0.4 is 19.9 Å². The summed E-state index contributed by atoms with van der Waals surface area (Å²) in [6, 6.07) is 3.87. The van der Waals surface area contributed by atoms with Crippen LogP contribution in [0.2, 0.25) is 0 Å². The van der Waals surface area contributed by atoms with E-state index in [1.807, 2.05) is 0 Å². The molecular weight excluding hydrogens is 330 g/mol. The van der Waals surface area contributed by atoms with Gasteiger partial charge in [-0.3, -0.25) is 0 Å². The number of ether oxygens (including phenoxy) is 2. The van der Waals surface area contributed by atoms with Crippen molar-refractivity contribution in [2.24, 2.45) is 5.73 Å². The third kappa shape index (κ3) is 5.62. The minimum absolute atomic E-state index is 0. The van der Waals surface area contributed by atoms with E-state index in [1.165, 1.54) is 32.4 Å². The highest BCUT2D eigenvalue weighted by atomic mass is 35.5. The third-order valence-corrected chi connectivity index (χ3v) is 3.84. The summed E-state index contributed by atoms with van der Waals surface area (Å²) in [6.45, 7) is -2.03. The molecule has 0 aliphatic heterocycles.